The molecule has 32 heavy (non-hydrogen) atoms. The van der Waals surface area contributed by atoms with Crippen molar-refractivity contribution in [3.8, 4) is 17.0 Å². The Morgan fingerprint density at radius 1 is 1.09 bits per heavy atom. The molecule has 0 unspecified atom stereocenters. The topological polar surface area (TPSA) is 84.5 Å². The van der Waals surface area contributed by atoms with Gasteiger partial charge in [0.25, 0.3) is 5.56 Å². The summed E-state index contributed by atoms with van der Waals surface area (Å²) in [6, 6.07) is 5.42. The van der Waals surface area contributed by atoms with Crippen LogP contribution in [0.1, 0.15) is 18.9 Å². The van der Waals surface area contributed by atoms with Gasteiger partial charge in [0, 0.05) is 33.1 Å². The summed E-state index contributed by atoms with van der Waals surface area (Å²) in [5.41, 5.74) is 0.985. The van der Waals surface area contributed by atoms with Gasteiger partial charge in [-0.25, -0.2) is 4.79 Å². The highest BCUT2D eigenvalue weighted by atomic mass is 19.4. The summed E-state index contributed by atoms with van der Waals surface area (Å²) in [4.78, 5) is 36.9. The molecule has 0 radical (unpaired) electrons. The van der Waals surface area contributed by atoms with E-state index in [-0.39, 0.29) is 25.1 Å². The van der Waals surface area contributed by atoms with Crippen LogP contribution in [0.15, 0.2) is 33.9 Å². The van der Waals surface area contributed by atoms with Crippen molar-refractivity contribution >= 4 is 17.0 Å². The van der Waals surface area contributed by atoms with Crippen molar-refractivity contribution in [2.24, 2.45) is 14.1 Å². The van der Waals surface area contributed by atoms with Crippen molar-refractivity contribution in [3.63, 3.8) is 0 Å². The van der Waals surface area contributed by atoms with Crippen LogP contribution in [0.25, 0.3) is 22.3 Å². The van der Waals surface area contributed by atoms with E-state index in [1.54, 1.807) is 24.6 Å². The van der Waals surface area contributed by atoms with E-state index in [0.717, 1.165) is 4.57 Å². The SMILES string of the molecule is CC(=O)OCCCn1c(=O)c2c(c(C)c(-c3cccc(OC(F)(F)F)c3)n2C)n(C)c1=O. The fourth-order valence-electron chi connectivity index (χ4n) is 3.84. The van der Waals surface area contributed by atoms with Crippen molar-refractivity contribution in [1.82, 2.24) is 13.7 Å². The molecule has 0 aliphatic heterocycles. The molecule has 0 N–H and O–H groups in total. The standard InChI is InChI=1S/C21H22F3N3O5/c1-12-16(14-7-5-8-15(11-14)32-21(22,23)24)25(3)18-17(12)26(4)20(30)27(19(18)29)9-6-10-31-13(2)28/h5,7-8,11H,6,9-10H2,1-4H3. The molecule has 0 saturated carbocycles. The first-order valence-electron chi connectivity index (χ1n) is 9.70. The molecule has 1 aromatic carbocycles. The Bertz CT molecular complexity index is 1300. The fourth-order valence-corrected chi connectivity index (χ4v) is 3.84. The number of fused-ring (bicyclic) bond motifs is 1. The van der Waals surface area contributed by atoms with Crippen LogP contribution in [-0.2, 0) is 30.2 Å². The quantitative estimate of drug-likeness (QED) is 0.423. The normalized spacial score (nSPS) is 11.7. The highest BCUT2D eigenvalue weighted by Gasteiger charge is 2.31. The third-order valence-corrected chi connectivity index (χ3v) is 5.08. The molecule has 3 aromatic rings. The van der Waals surface area contributed by atoms with Gasteiger partial charge in [-0.1, -0.05) is 12.1 Å². The highest BCUT2D eigenvalue weighted by Crippen LogP contribution is 2.33. The largest absolute Gasteiger partial charge is 0.573 e. The van der Waals surface area contributed by atoms with Crippen LogP contribution in [0.3, 0.4) is 0 Å². The van der Waals surface area contributed by atoms with E-state index in [1.807, 2.05) is 0 Å². The molecule has 0 fully saturated rings. The number of aromatic nitrogens is 3. The van der Waals surface area contributed by atoms with Gasteiger partial charge in [0.2, 0.25) is 0 Å². The minimum atomic E-state index is -4.84. The van der Waals surface area contributed by atoms with Crippen LogP contribution in [0.4, 0.5) is 13.2 Å². The summed E-state index contributed by atoms with van der Waals surface area (Å²) in [6.07, 6.45) is -4.57. The lowest BCUT2D eigenvalue weighted by Crippen LogP contribution is -2.39. The predicted molar refractivity (Wildman–Crippen MR) is 111 cm³/mol. The van der Waals surface area contributed by atoms with E-state index >= 15 is 0 Å². The van der Waals surface area contributed by atoms with Gasteiger partial charge in [0.1, 0.15) is 11.3 Å². The van der Waals surface area contributed by atoms with E-state index < -0.39 is 29.3 Å². The second-order valence-corrected chi connectivity index (χ2v) is 7.30. The van der Waals surface area contributed by atoms with Crippen molar-refractivity contribution in [1.29, 1.82) is 0 Å². The zero-order valence-electron chi connectivity index (χ0n) is 17.9. The maximum Gasteiger partial charge on any atom is 0.573 e. The number of alkyl halides is 3. The molecule has 0 atom stereocenters. The molecule has 8 nitrogen and oxygen atoms in total. The maximum atomic E-state index is 13.1. The minimum absolute atomic E-state index is 0.0448. The third-order valence-electron chi connectivity index (χ3n) is 5.08. The molecule has 0 amide bonds. The number of nitrogens with zero attached hydrogens (tertiary/aromatic N) is 3. The summed E-state index contributed by atoms with van der Waals surface area (Å²) < 4.78 is 50.7. The smallest absolute Gasteiger partial charge is 0.466 e. The molecule has 2 heterocycles. The number of aryl methyl sites for hydroxylation is 3. The number of benzene rings is 1. The average Bonchev–Trinajstić information content (AvgIpc) is 2.95. The number of ether oxygens (including phenoxy) is 2. The van der Waals surface area contributed by atoms with Gasteiger partial charge in [0.15, 0.2) is 0 Å². The highest BCUT2D eigenvalue weighted by molar-refractivity contribution is 5.88. The summed E-state index contributed by atoms with van der Waals surface area (Å²) in [5.74, 6) is -0.850. The Labute approximate surface area is 180 Å². The molecule has 0 saturated heterocycles. The summed E-state index contributed by atoms with van der Waals surface area (Å²) in [6.45, 7) is 3.06. The van der Waals surface area contributed by atoms with E-state index in [4.69, 9.17) is 4.74 Å². The van der Waals surface area contributed by atoms with Crippen LogP contribution in [0.2, 0.25) is 0 Å². The lowest BCUT2D eigenvalue weighted by atomic mass is 10.1. The Hall–Kier alpha value is -3.50. The Balaban J connectivity index is 2.14. The van der Waals surface area contributed by atoms with Crippen LogP contribution in [0, 0.1) is 6.92 Å². The zero-order chi connectivity index (χ0) is 23.8. The Morgan fingerprint density at radius 2 is 1.78 bits per heavy atom. The van der Waals surface area contributed by atoms with Gasteiger partial charge in [-0.3, -0.25) is 18.7 Å². The van der Waals surface area contributed by atoms with Crippen molar-refractivity contribution < 1.29 is 27.4 Å². The van der Waals surface area contributed by atoms with Crippen molar-refractivity contribution in [2.75, 3.05) is 6.61 Å². The maximum absolute atomic E-state index is 13.1. The first-order chi connectivity index (χ1) is 14.9. The zero-order valence-corrected chi connectivity index (χ0v) is 17.9. The van der Waals surface area contributed by atoms with E-state index in [9.17, 15) is 27.6 Å². The first-order valence-corrected chi connectivity index (χ1v) is 9.70. The molecule has 0 spiro atoms. The van der Waals surface area contributed by atoms with Crippen LogP contribution in [0.5, 0.6) is 5.75 Å². The molecular weight excluding hydrogens is 431 g/mol. The molecular formula is C21H22F3N3O5. The van der Waals surface area contributed by atoms with E-state index in [2.05, 4.69) is 4.74 Å². The number of hydrogen-bond donors (Lipinski definition) is 0. The Kier molecular flexibility index (Phi) is 6.20. The van der Waals surface area contributed by atoms with Crippen LogP contribution >= 0.6 is 0 Å². The molecule has 0 aliphatic rings. The lowest BCUT2D eigenvalue weighted by molar-refractivity contribution is -0.274. The fraction of sp³-hybridized carbons (Fsp3) is 0.381. The summed E-state index contributed by atoms with van der Waals surface area (Å²) >= 11 is 0. The van der Waals surface area contributed by atoms with Gasteiger partial charge in [-0.05, 0) is 31.0 Å². The summed E-state index contributed by atoms with van der Waals surface area (Å²) in [7, 11) is 3.13. The molecule has 11 heteroatoms. The molecule has 0 aliphatic carbocycles. The molecule has 172 valence electrons. The van der Waals surface area contributed by atoms with Gasteiger partial charge in [0.05, 0.1) is 17.8 Å². The number of rotatable bonds is 6. The Morgan fingerprint density at radius 3 is 2.41 bits per heavy atom. The predicted octanol–water partition coefficient (Wildman–Crippen LogP) is 2.87. The lowest BCUT2D eigenvalue weighted by Gasteiger charge is -2.11. The number of esters is 1. The first kappa shape index (κ1) is 23.2. The number of carbonyl (C=O) groups is 1. The minimum Gasteiger partial charge on any atom is -0.466 e. The average molecular weight is 453 g/mol. The van der Waals surface area contributed by atoms with Gasteiger partial charge in [-0.2, -0.15) is 0 Å². The second-order valence-electron chi connectivity index (χ2n) is 7.30. The van der Waals surface area contributed by atoms with Crippen molar-refractivity contribution in [2.45, 2.75) is 33.2 Å². The molecule has 3 rings (SSSR count). The summed E-state index contributed by atoms with van der Waals surface area (Å²) in [5, 5.41) is 0. The van der Waals surface area contributed by atoms with E-state index in [1.165, 1.54) is 36.7 Å². The third kappa shape index (κ3) is 4.41. The van der Waals surface area contributed by atoms with E-state index in [0.29, 0.717) is 22.3 Å². The molecule has 0 bridgehead atoms. The van der Waals surface area contributed by atoms with Crippen LogP contribution in [-0.4, -0.2) is 32.6 Å². The number of hydrogen-bond acceptors (Lipinski definition) is 5. The van der Waals surface area contributed by atoms with Gasteiger partial charge < -0.3 is 14.0 Å². The molecule has 2 aromatic heterocycles. The number of halogens is 3. The number of carbonyl (C=O) groups excluding carboxylic acids is 1. The van der Waals surface area contributed by atoms with Gasteiger partial charge >= 0.3 is 18.0 Å². The van der Waals surface area contributed by atoms with Gasteiger partial charge in [-0.15, -0.1) is 13.2 Å². The second kappa shape index (κ2) is 8.56. The van der Waals surface area contributed by atoms with Crippen molar-refractivity contribution in [3.05, 3.63) is 50.7 Å². The monoisotopic (exact) mass is 453 g/mol. The van der Waals surface area contributed by atoms with Crippen LogP contribution < -0.4 is 16.0 Å².